The first-order chi connectivity index (χ1) is 11.4. The van der Waals surface area contributed by atoms with Gasteiger partial charge < -0.3 is 20.4 Å². The van der Waals surface area contributed by atoms with Gasteiger partial charge in [0.2, 0.25) is 11.8 Å². The molecule has 2 aliphatic heterocycles. The van der Waals surface area contributed by atoms with Gasteiger partial charge in [-0.3, -0.25) is 9.59 Å². The van der Waals surface area contributed by atoms with Crippen LogP contribution >= 0.6 is 24.4 Å². The number of rotatable bonds is 5. The van der Waals surface area contributed by atoms with Gasteiger partial charge in [-0.25, -0.2) is 0 Å². The minimum absolute atomic E-state index is 0.0998. The van der Waals surface area contributed by atoms with Crippen LogP contribution < -0.4 is 10.6 Å². The summed E-state index contributed by atoms with van der Waals surface area (Å²) in [6.45, 7) is 1.71. The van der Waals surface area contributed by atoms with Crippen molar-refractivity contribution in [3.63, 3.8) is 0 Å². The average molecular weight is 375 g/mol. The van der Waals surface area contributed by atoms with Crippen molar-refractivity contribution in [2.24, 2.45) is 0 Å². The molecule has 2 aliphatic rings. The van der Waals surface area contributed by atoms with Gasteiger partial charge in [0.05, 0.1) is 18.0 Å². The number of nitrogens with zero attached hydrogens (tertiary/aromatic N) is 2. The Labute approximate surface area is 154 Å². The standard InChI is InChI=1S/C16H30N4O2S2/c1-19(2)15(21)14-9-12(5-7-18-14)24-10-20(3)16(22)13-8-11(23)4-6-17-13/h11-14,17-18,23H,4-10H2,1-3H3/t11-,12-,13?,14+/m0/s1. The summed E-state index contributed by atoms with van der Waals surface area (Å²) >= 11 is 6.28. The van der Waals surface area contributed by atoms with Crippen LogP contribution in [0.5, 0.6) is 0 Å². The molecule has 2 heterocycles. The number of thiol groups is 1. The minimum atomic E-state index is -0.108. The fraction of sp³-hybridized carbons (Fsp3) is 0.875. The van der Waals surface area contributed by atoms with E-state index >= 15 is 0 Å². The van der Waals surface area contributed by atoms with E-state index in [0.717, 1.165) is 38.8 Å². The van der Waals surface area contributed by atoms with Crippen molar-refractivity contribution < 1.29 is 9.59 Å². The highest BCUT2D eigenvalue weighted by molar-refractivity contribution is 7.99. The van der Waals surface area contributed by atoms with E-state index in [1.54, 1.807) is 35.7 Å². The first-order valence-corrected chi connectivity index (χ1v) is 10.2. The van der Waals surface area contributed by atoms with Crippen LogP contribution in [0.15, 0.2) is 0 Å². The largest absolute Gasteiger partial charge is 0.347 e. The van der Waals surface area contributed by atoms with Crippen LogP contribution in [-0.2, 0) is 9.59 Å². The molecule has 0 aromatic carbocycles. The second-order valence-corrected chi connectivity index (χ2v) is 8.89. The van der Waals surface area contributed by atoms with E-state index in [-0.39, 0.29) is 23.9 Å². The van der Waals surface area contributed by atoms with Crippen molar-refractivity contribution in [3.8, 4) is 0 Å². The zero-order valence-corrected chi connectivity index (χ0v) is 16.5. The van der Waals surface area contributed by atoms with Crippen molar-refractivity contribution >= 4 is 36.2 Å². The second kappa shape index (κ2) is 9.31. The molecule has 0 radical (unpaired) electrons. The molecule has 0 spiro atoms. The zero-order valence-electron chi connectivity index (χ0n) is 14.8. The first kappa shape index (κ1) is 19.9. The summed E-state index contributed by atoms with van der Waals surface area (Å²) in [6.07, 6.45) is 3.67. The molecular weight excluding hydrogens is 344 g/mol. The molecule has 1 unspecified atom stereocenters. The summed E-state index contributed by atoms with van der Waals surface area (Å²) in [5.74, 6) is 0.953. The van der Waals surface area contributed by atoms with Crippen molar-refractivity contribution in [1.82, 2.24) is 20.4 Å². The van der Waals surface area contributed by atoms with Crippen LogP contribution in [-0.4, -0.2) is 84.3 Å². The van der Waals surface area contributed by atoms with Gasteiger partial charge in [-0.15, -0.1) is 11.8 Å². The summed E-state index contributed by atoms with van der Waals surface area (Å²) in [4.78, 5) is 28.1. The Hall–Kier alpha value is -0.440. The number of thioether (sulfide) groups is 1. The van der Waals surface area contributed by atoms with Crippen LogP contribution in [0.25, 0.3) is 0 Å². The molecule has 6 nitrogen and oxygen atoms in total. The van der Waals surface area contributed by atoms with Crippen LogP contribution in [0.4, 0.5) is 0 Å². The van der Waals surface area contributed by atoms with Gasteiger partial charge in [0, 0.05) is 31.6 Å². The lowest BCUT2D eigenvalue weighted by molar-refractivity contribution is -0.132. The van der Waals surface area contributed by atoms with Gasteiger partial charge in [0.1, 0.15) is 0 Å². The maximum absolute atomic E-state index is 12.5. The number of carbonyl (C=O) groups excluding carboxylic acids is 2. The van der Waals surface area contributed by atoms with Crippen LogP contribution in [0, 0.1) is 0 Å². The summed E-state index contributed by atoms with van der Waals surface area (Å²) < 4.78 is 0. The van der Waals surface area contributed by atoms with Crippen molar-refractivity contribution in [1.29, 1.82) is 0 Å². The SMILES string of the molecule is CN(C)C(=O)[C@H]1C[C@@H](SCN(C)C(=O)C2C[C@@H](S)CCN2)CCN1. The molecule has 2 N–H and O–H groups in total. The number of likely N-dealkylation sites (N-methyl/N-ethyl adjacent to an activating group) is 2. The maximum atomic E-state index is 12.5. The third-order valence-electron chi connectivity index (χ3n) is 4.65. The predicted molar refractivity (Wildman–Crippen MR) is 103 cm³/mol. The monoisotopic (exact) mass is 374 g/mol. The van der Waals surface area contributed by atoms with E-state index < -0.39 is 0 Å². The number of amides is 2. The van der Waals surface area contributed by atoms with E-state index in [0.29, 0.717) is 16.4 Å². The summed E-state index contributed by atoms with van der Waals surface area (Å²) in [7, 11) is 5.45. The number of hydrogen-bond donors (Lipinski definition) is 3. The summed E-state index contributed by atoms with van der Waals surface area (Å²) in [5.41, 5.74) is 0. The zero-order chi connectivity index (χ0) is 17.7. The van der Waals surface area contributed by atoms with Gasteiger partial charge in [-0.2, -0.15) is 12.6 Å². The van der Waals surface area contributed by atoms with Crippen LogP contribution in [0.1, 0.15) is 25.7 Å². The lowest BCUT2D eigenvalue weighted by Crippen LogP contribution is -2.50. The highest BCUT2D eigenvalue weighted by Gasteiger charge is 2.30. The van der Waals surface area contributed by atoms with Crippen LogP contribution in [0.2, 0.25) is 0 Å². The number of nitrogens with one attached hydrogen (secondary N) is 2. The molecule has 0 bridgehead atoms. The molecule has 2 fully saturated rings. The third-order valence-corrected chi connectivity index (χ3v) is 6.55. The van der Waals surface area contributed by atoms with E-state index in [1.165, 1.54) is 0 Å². The molecule has 0 aliphatic carbocycles. The molecular formula is C16H30N4O2S2. The van der Waals surface area contributed by atoms with Gasteiger partial charge in [0.25, 0.3) is 0 Å². The highest BCUT2D eigenvalue weighted by atomic mass is 32.2. The Morgan fingerprint density at radius 1 is 1.04 bits per heavy atom. The molecule has 8 heteroatoms. The Bertz CT molecular complexity index is 450. The Kier molecular flexibility index (Phi) is 7.71. The van der Waals surface area contributed by atoms with Crippen LogP contribution in [0.3, 0.4) is 0 Å². The third kappa shape index (κ3) is 5.54. The second-order valence-electron chi connectivity index (χ2n) is 6.90. The minimum Gasteiger partial charge on any atom is -0.347 e. The molecule has 0 aromatic heterocycles. The first-order valence-electron chi connectivity index (χ1n) is 8.61. The lowest BCUT2D eigenvalue weighted by atomic mass is 10.0. The van der Waals surface area contributed by atoms with Crippen molar-refractivity contribution in [2.75, 3.05) is 40.1 Å². The molecule has 138 valence electrons. The Balaban J connectivity index is 1.77. The average Bonchev–Trinajstić information content (AvgIpc) is 2.58. The Morgan fingerprint density at radius 2 is 1.67 bits per heavy atom. The maximum Gasteiger partial charge on any atom is 0.240 e. The molecule has 2 saturated heterocycles. The van der Waals surface area contributed by atoms with Gasteiger partial charge in [-0.1, -0.05) is 0 Å². The van der Waals surface area contributed by atoms with Crippen molar-refractivity contribution in [3.05, 3.63) is 0 Å². The van der Waals surface area contributed by atoms with E-state index in [1.807, 2.05) is 7.05 Å². The normalized spacial score (nSPS) is 30.7. The van der Waals surface area contributed by atoms with Gasteiger partial charge in [-0.05, 0) is 38.8 Å². The highest BCUT2D eigenvalue weighted by Crippen LogP contribution is 2.25. The van der Waals surface area contributed by atoms with Gasteiger partial charge in [0.15, 0.2) is 0 Å². The van der Waals surface area contributed by atoms with Gasteiger partial charge >= 0.3 is 0 Å². The predicted octanol–water partition coefficient (Wildman–Crippen LogP) is 0.395. The number of hydrogen-bond acceptors (Lipinski definition) is 6. The molecule has 0 saturated carbocycles. The van der Waals surface area contributed by atoms with E-state index in [9.17, 15) is 9.59 Å². The fourth-order valence-corrected chi connectivity index (χ4v) is 4.68. The number of piperidine rings is 2. The smallest absolute Gasteiger partial charge is 0.240 e. The summed E-state index contributed by atoms with van der Waals surface area (Å²) in [5, 5.41) is 7.30. The van der Waals surface area contributed by atoms with E-state index in [4.69, 9.17) is 0 Å². The molecule has 2 amide bonds. The molecule has 0 aromatic rings. The molecule has 4 atom stereocenters. The topological polar surface area (TPSA) is 64.7 Å². The van der Waals surface area contributed by atoms with E-state index in [2.05, 4.69) is 23.3 Å². The lowest BCUT2D eigenvalue weighted by Gasteiger charge is -2.33. The quantitative estimate of drug-likeness (QED) is 0.480. The summed E-state index contributed by atoms with van der Waals surface area (Å²) in [6, 6.07) is -0.208. The van der Waals surface area contributed by atoms with Crippen molar-refractivity contribution in [2.45, 2.75) is 48.3 Å². The number of carbonyl (C=O) groups is 2. The molecule has 24 heavy (non-hydrogen) atoms. The fourth-order valence-electron chi connectivity index (χ4n) is 3.17. The Morgan fingerprint density at radius 3 is 2.29 bits per heavy atom. The molecule has 2 rings (SSSR count).